The van der Waals surface area contributed by atoms with E-state index in [1.165, 1.54) is 12.6 Å². The molecule has 2 fully saturated rings. The number of hydrogen-bond donors (Lipinski definition) is 0. The normalized spacial score (nSPS) is 18.2. The molecule has 0 bridgehead atoms. The Hall–Kier alpha value is -2.83. The van der Waals surface area contributed by atoms with E-state index in [0.717, 1.165) is 49.8 Å². The third-order valence-electron chi connectivity index (χ3n) is 7.16. The minimum atomic E-state index is -0.286. The SMILES string of the molecule is CCn1c(N2CCC(C(=O)N3CCC(Cc4ccccc4)CC3)CC2)cc(=O)n(C)c1=O. The van der Waals surface area contributed by atoms with Crippen LogP contribution in [-0.2, 0) is 24.8 Å². The van der Waals surface area contributed by atoms with Crippen molar-refractivity contribution in [1.29, 1.82) is 0 Å². The van der Waals surface area contributed by atoms with Crippen molar-refractivity contribution in [2.45, 2.75) is 45.6 Å². The van der Waals surface area contributed by atoms with Crippen molar-refractivity contribution in [2.75, 3.05) is 31.1 Å². The Labute approximate surface area is 189 Å². The van der Waals surface area contributed by atoms with Gasteiger partial charge in [-0.15, -0.1) is 0 Å². The van der Waals surface area contributed by atoms with Gasteiger partial charge in [0.15, 0.2) is 0 Å². The predicted molar refractivity (Wildman–Crippen MR) is 126 cm³/mol. The molecule has 4 rings (SSSR count). The Morgan fingerprint density at radius 3 is 2.25 bits per heavy atom. The van der Waals surface area contributed by atoms with Crippen LogP contribution in [0.3, 0.4) is 0 Å². The second-order valence-electron chi connectivity index (χ2n) is 9.15. The fourth-order valence-electron chi connectivity index (χ4n) is 5.14. The first-order chi connectivity index (χ1) is 15.5. The highest BCUT2D eigenvalue weighted by Gasteiger charge is 2.31. The molecule has 0 aliphatic carbocycles. The summed E-state index contributed by atoms with van der Waals surface area (Å²) in [5.74, 6) is 1.63. The number of amides is 1. The van der Waals surface area contributed by atoms with Crippen molar-refractivity contribution in [3.05, 3.63) is 62.8 Å². The van der Waals surface area contributed by atoms with Crippen molar-refractivity contribution >= 4 is 11.7 Å². The molecule has 2 aliphatic heterocycles. The summed E-state index contributed by atoms with van der Waals surface area (Å²) in [5.41, 5.74) is 0.809. The van der Waals surface area contributed by atoms with E-state index in [1.54, 1.807) is 10.6 Å². The average Bonchev–Trinajstić information content (AvgIpc) is 2.83. The van der Waals surface area contributed by atoms with E-state index in [2.05, 4.69) is 40.1 Å². The van der Waals surface area contributed by atoms with Crippen LogP contribution in [0.15, 0.2) is 46.0 Å². The molecule has 3 heterocycles. The van der Waals surface area contributed by atoms with Gasteiger partial charge in [0.25, 0.3) is 5.56 Å². The van der Waals surface area contributed by atoms with Crippen molar-refractivity contribution < 1.29 is 4.79 Å². The van der Waals surface area contributed by atoms with Gasteiger partial charge in [-0.2, -0.15) is 0 Å². The predicted octanol–water partition coefficient (Wildman–Crippen LogP) is 2.26. The highest BCUT2D eigenvalue weighted by Crippen LogP contribution is 2.27. The number of nitrogens with zero attached hydrogens (tertiary/aromatic N) is 4. The molecule has 0 unspecified atom stereocenters. The second kappa shape index (κ2) is 9.76. The first-order valence-corrected chi connectivity index (χ1v) is 11.9. The topological polar surface area (TPSA) is 67.6 Å². The van der Waals surface area contributed by atoms with Gasteiger partial charge in [-0.3, -0.25) is 18.7 Å². The summed E-state index contributed by atoms with van der Waals surface area (Å²) in [6, 6.07) is 12.2. The van der Waals surface area contributed by atoms with Crippen LogP contribution in [0.5, 0.6) is 0 Å². The Kier molecular flexibility index (Phi) is 6.82. The van der Waals surface area contributed by atoms with Crippen molar-refractivity contribution in [3.63, 3.8) is 0 Å². The number of rotatable bonds is 5. The third kappa shape index (κ3) is 4.66. The Morgan fingerprint density at radius 2 is 1.62 bits per heavy atom. The van der Waals surface area contributed by atoms with E-state index in [0.29, 0.717) is 31.4 Å². The Morgan fingerprint density at radius 1 is 0.969 bits per heavy atom. The van der Waals surface area contributed by atoms with Gasteiger partial charge in [0.05, 0.1) is 0 Å². The van der Waals surface area contributed by atoms with E-state index < -0.39 is 0 Å². The number of benzene rings is 1. The molecule has 1 aromatic carbocycles. The van der Waals surface area contributed by atoms with Crippen LogP contribution in [0.25, 0.3) is 0 Å². The zero-order valence-corrected chi connectivity index (χ0v) is 19.2. The first kappa shape index (κ1) is 22.4. The van der Waals surface area contributed by atoms with Gasteiger partial charge in [0, 0.05) is 51.8 Å². The number of carbonyl (C=O) groups is 1. The first-order valence-electron chi connectivity index (χ1n) is 11.9. The molecule has 7 heteroatoms. The van der Waals surface area contributed by atoms with E-state index in [9.17, 15) is 14.4 Å². The summed E-state index contributed by atoms with van der Waals surface area (Å²) in [5, 5.41) is 0. The lowest BCUT2D eigenvalue weighted by Crippen LogP contribution is -2.47. The molecule has 1 amide bonds. The zero-order valence-electron chi connectivity index (χ0n) is 19.2. The molecule has 2 aliphatic rings. The van der Waals surface area contributed by atoms with Gasteiger partial charge in [0.1, 0.15) is 5.82 Å². The average molecular weight is 439 g/mol. The molecule has 0 radical (unpaired) electrons. The van der Waals surface area contributed by atoms with Crippen LogP contribution in [0.1, 0.15) is 38.2 Å². The van der Waals surface area contributed by atoms with Crippen LogP contribution in [0.4, 0.5) is 5.82 Å². The number of piperidine rings is 2. The van der Waals surface area contributed by atoms with Gasteiger partial charge in [-0.05, 0) is 50.5 Å². The lowest BCUT2D eigenvalue weighted by atomic mass is 9.88. The highest BCUT2D eigenvalue weighted by atomic mass is 16.2. The van der Waals surface area contributed by atoms with E-state index in [4.69, 9.17) is 0 Å². The number of carbonyl (C=O) groups excluding carboxylic acids is 1. The third-order valence-corrected chi connectivity index (χ3v) is 7.16. The van der Waals surface area contributed by atoms with Gasteiger partial charge in [0.2, 0.25) is 5.91 Å². The molecule has 172 valence electrons. The van der Waals surface area contributed by atoms with Gasteiger partial charge in [-0.25, -0.2) is 4.79 Å². The largest absolute Gasteiger partial charge is 0.358 e. The van der Waals surface area contributed by atoms with Crippen molar-refractivity contribution in [1.82, 2.24) is 14.0 Å². The monoisotopic (exact) mass is 438 g/mol. The fraction of sp³-hybridized carbons (Fsp3) is 0.560. The highest BCUT2D eigenvalue weighted by molar-refractivity contribution is 5.79. The van der Waals surface area contributed by atoms with Crippen LogP contribution in [-0.4, -0.2) is 46.1 Å². The van der Waals surface area contributed by atoms with Crippen LogP contribution in [0.2, 0.25) is 0 Å². The van der Waals surface area contributed by atoms with E-state index in [1.807, 2.05) is 6.92 Å². The van der Waals surface area contributed by atoms with Crippen molar-refractivity contribution in [3.8, 4) is 0 Å². The summed E-state index contributed by atoms with van der Waals surface area (Å²) in [7, 11) is 1.51. The lowest BCUT2D eigenvalue weighted by molar-refractivity contribution is -0.137. The summed E-state index contributed by atoms with van der Waals surface area (Å²) in [6.45, 7) is 5.49. The maximum atomic E-state index is 13.1. The quantitative estimate of drug-likeness (QED) is 0.718. The van der Waals surface area contributed by atoms with Crippen LogP contribution < -0.4 is 16.1 Å². The molecule has 0 N–H and O–H groups in total. The summed E-state index contributed by atoms with van der Waals surface area (Å²) in [4.78, 5) is 41.9. The molecule has 32 heavy (non-hydrogen) atoms. The van der Waals surface area contributed by atoms with E-state index in [-0.39, 0.29) is 23.1 Å². The minimum Gasteiger partial charge on any atom is -0.358 e. The summed E-state index contributed by atoms with van der Waals surface area (Å²) < 4.78 is 2.78. The molecule has 0 atom stereocenters. The van der Waals surface area contributed by atoms with Gasteiger partial charge in [-0.1, -0.05) is 30.3 Å². The fourth-order valence-corrected chi connectivity index (χ4v) is 5.14. The molecular formula is C25H34N4O3. The summed E-state index contributed by atoms with van der Waals surface area (Å²) >= 11 is 0. The molecule has 7 nitrogen and oxygen atoms in total. The number of hydrogen-bond acceptors (Lipinski definition) is 4. The van der Waals surface area contributed by atoms with Crippen molar-refractivity contribution in [2.24, 2.45) is 18.9 Å². The van der Waals surface area contributed by atoms with Gasteiger partial charge >= 0.3 is 5.69 Å². The molecule has 2 saturated heterocycles. The van der Waals surface area contributed by atoms with E-state index >= 15 is 0 Å². The number of likely N-dealkylation sites (tertiary alicyclic amines) is 1. The van der Waals surface area contributed by atoms with Crippen LogP contribution >= 0.6 is 0 Å². The minimum absolute atomic E-state index is 0.0327. The second-order valence-corrected chi connectivity index (χ2v) is 9.15. The molecular weight excluding hydrogens is 404 g/mol. The maximum absolute atomic E-state index is 13.1. The molecule has 0 saturated carbocycles. The zero-order chi connectivity index (χ0) is 22.7. The number of aromatic nitrogens is 2. The molecule has 0 spiro atoms. The lowest BCUT2D eigenvalue weighted by Gasteiger charge is -2.38. The molecule has 1 aromatic heterocycles. The molecule has 2 aromatic rings. The Bertz CT molecular complexity index is 1040. The summed E-state index contributed by atoms with van der Waals surface area (Å²) in [6.07, 6.45) is 4.74. The smallest absolute Gasteiger partial charge is 0.332 e. The van der Waals surface area contributed by atoms with Crippen LogP contribution in [0, 0.1) is 11.8 Å². The maximum Gasteiger partial charge on any atom is 0.332 e. The standard InChI is InChI=1S/C25H34N4O3/c1-3-29-22(18-23(30)26(2)25(29)32)27-15-11-21(12-16-27)24(31)28-13-9-20(10-14-28)17-19-7-5-4-6-8-19/h4-8,18,20-21H,3,9-17H2,1-2H3. The number of anilines is 1. The Balaban J connectivity index is 1.32. The van der Waals surface area contributed by atoms with Gasteiger partial charge < -0.3 is 9.80 Å².